The van der Waals surface area contributed by atoms with Gasteiger partial charge in [-0.2, -0.15) is 0 Å². The van der Waals surface area contributed by atoms with Crippen LogP contribution in [0.25, 0.3) is 0 Å². The molecule has 0 bridgehead atoms. The average molecular weight is 289 g/mol. The molecule has 3 nitrogen and oxygen atoms in total. The summed E-state index contributed by atoms with van der Waals surface area (Å²) in [5, 5.41) is 0. The van der Waals surface area contributed by atoms with E-state index in [9.17, 15) is 0 Å². The van der Waals surface area contributed by atoms with Crippen LogP contribution in [0.3, 0.4) is 0 Å². The van der Waals surface area contributed by atoms with Gasteiger partial charge >= 0.3 is 0 Å². The molecule has 2 aliphatic carbocycles. The molecule has 21 heavy (non-hydrogen) atoms. The molecular formula is C18H27NO2. The Labute approximate surface area is 127 Å². The molecule has 0 spiro atoms. The first kappa shape index (κ1) is 14.9. The molecule has 0 aromatic heterocycles. The van der Waals surface area contributed by atoms with Crippen molar-refractivity contribution in [3.8, 4) is 5.75 Å². The Bertz CT molecular complexity index is 469. The summed E-state index contributed by atoms with van der Waals surface area (Å²) in [7, 11) is 1.81. The topological polar surface area (TPSA) is 44.5 Å². The molecule has 0 heterocycles. The van der Waals surface area contributed by atoms with Crippen LogP contribution >= 0.6 is 0 Å². The molecule has 0 aliphatic heterocycles. The maximum Gasteiger partial charge on any atom is 0.119 e. The van der Waals surface area contributed by atoms with E-state index in [1.54, 1.807) is 0 Å². The second-order valence-corrected chi connectivity index (χ2v) is 6.83. The van der Waals surface area contributed by atoms with Gasteiger partial charge in [0.1, 0.15) is 5.75 Å². The lowest BCUT2D eigenvalue weighted by Crippen LogP contribution is -2.46. The number of methoxy groups -OCH3 is 1. The highest BCUT2D eigenvalue weighted by Crippen LogP contribution is 2.42. The Kier molecular flexibility index (Phi) is 4.23. The summed E-state index contributed by atoms with van der Waals surface area (Å²) in [6.45, 7) is 2.30. The molecule has 2 N–H and O–H groups in total. The predicted octanol–water partition coefficient (Wildman–Crippen LogP) is 3.82. The summed E-state index contributed by atoms with van der Waals surface area (Å²) < 4.78 is 11.7. The lowest BCUT2D eigenvalue weighted by atomic mass is 9.73. The van der Waals surface area contributed by atoms with E-state index in [-0.39, 0.29) is 11.6 Å². The normalized spacial score (nSPS) is 30.9. The largest absolute Gasteiger partial charge is 0.490 e. The Hall–Kier alpha value is -1.06. The standard InChI is InChI=1S/C18H27NO2/c1-13-4-3-11-18(12-13,20-2)17(19)14-5-7-15(8-6-14)21-16-9-10-16/h5-8,13,16-17H,3-4,9-12,19H2,1-2H3. The van der Waals surface area contributed by atoms with Gasteiger partial charge in [-0.05, 0) is 49.3 Å². The first-order valence-corrected chi connectivity index (χ1v) is 8.20. The maximum atomic E-state index is 6.58. The first-order valence-electron chi connectivity index (χ1n) is 8.20. The van der Waals surface area contributed by atoms with Crippen LogP contribution in [0, 0.1) is 5.92 Å². The van der Waals surface area contributed by atoms with Gasteiger partial charge in [-0.15, -0.1) is 0 Å². The molecular weight excluding hydrogens is 262 g/mol. The van der Waals surface area contributed by atoms with Crippen molar-refractivity contribution >= 4 is 0 Å². The molecule has 2 saturated carbocycles. The maximum absolute atomic E-state index is 6.58. The predicted molar refractivity (Wildman–Crippen MR) is 84.4 cm³/mol. The molecule has 2 fully saturated rings. The van der Waals surface area contributed by atoms with Gasteiger partial charge in [-0.1, -0.05) is 31.9 Å². The van der Waals surface area contributed by atoms with Crippen molar-refractivity contribution < 1.29 is 9.47 Å². The van der Waals surface area contributed by atoms with Crippen LogP contribution in [0.15, 0.2) is 24.3 Å². The summed E-state index contributed by atoms with van der Waals surface area (Å²) >= 11 is 0. The highest BCUT2D eigenvalue weighted by Gasteiger charge is 2.41. The van der Waals surface area contributed by atoms with Crippen LogP contribution in [-0.4, -0.2) is 18.8 Å². The van der Waals surface area contributed by atoms with Gasteiger partial charge in [0, 0.05) is 7.11 Å². The fourth-order valence-corrected chi connectivity index (χ4v) is 3.57. The zero-order valence-electron chi connectivity index (χ0n) is 13.2. The van der Waals surface area contributed by atoms with Crippen LogP contribution in [0.4, 0.5) is 0 Å². The minimum absolute atomic E-state index is 0.0692. The van der Waals surface area contributed by atoms with Gasteiger partial charge in [-0.3, -0.25) is 0 Å². The van der Waals surface area contributed by atoms with Gasteiger partial charge < -0.3 is 15.2 Å². The fraction of sp³-hybridized carbons (Fsp3) is 0.667. The van der Waals surface area contributed by atoms with E-state index < -0.39 is 0 Å². The third-order valence-corrected chi connectivity index (χ3v) is 5.03. The van der Waals surface area contributed by atoms with Crippen LogP contribution in [0.5, 0.6) is 5.75 Å². The molecule has 3 heteroatoms. The van der Waals surface area contributed by atoms with Crippen molar-refractivity contribution in [2.24, 2.45) is 11.7 Å². The minimum Gasteiger partial charge on any atom is -0.490 e. The summed E-state index contributed by atoms with van der Waals surface area (Å²) in [4.78, 5) is 0. The molecule has 0 amide bonds. The number of nitrogens with two attached hydrogens (primary N) is 1. The Morgan fingerprint density at radius 1 is 1.19 bits per heavy atom. The van der Waals surface area contributed by atoms with Crippen molar-refractivity contribution in [1.82, 2.24) is 0 Å². The van der Waals surface area contributed by atoms with Gasteiger partial charge in [0.05, 0.1) is 17.7 Å². The first-order chi connectivity index (χ1) is 10.1. The molecule has 3 rings (SSSR count). The zero-order valence-corrected chi connectivity index (χ0v) is 13.2. The summed E-state index contributed by atoms with van der Waals surface area (Å²) in [5.41, 5.74) is 7.51. The van der Waals surface area contributed by atoms with E-state index in [0.717, 1.165) is 24.2 Å². The molecule has 3 unspecified atom stereocenters. The number of benzene rings is 1. The highest BCUT2D eigenvalue weighted by atomic mass is 16.5. The Balaban J connectivity index is 1.74. The SMILES string of the molecule is COC1(C(N)c2ccc(OC3CC3)cc2)CCCC(C)C1. The number of hydrogen-bond acceptors (Lipinski definition) is 3. The van der Waals surface area contributed by atoms with Gasteiger partial charge in [-0.25, -0.2) is 0 Å². The zero-order chi connectivity index (χ0) is 14.9. The van der Waals surface area contributed by atoms with E-state index in [2.05, 4.69) is 19.1 Å². The van der Waals surface area contributed by atoms with E-state index in [4.69, 9.17) is 15.2 Å². The molecule has 0 radical (unpaired) electrons. The second kappa shape index (κ2) is 5.98. The van der Waals surface area contributed by atoms with Gasteiger partial charge in [0.2, 0.25) is 0 Å². The molecule has 3 atom stereocenters. The van der Waals surface area contributed by atoms with Crippen LogP contribution < -0.4 is 10.5 Å². The van der Waals surface area contributed by atoms with E-state index in [0.29, 0.717) is 12.0 Å². The van der Waals surface area contributed by atoms with Crippen LogP contribution in [-0.2, 0) is 4.74 Å². The lowest BCUT2D eigenvalue weighted by molar-refractivity contribution is -0.0718. The number of hydrogen-bond donors (Lipinski definition) is 1. The van der Waals surface area contributed by atoms with E-state index >= 15 is 0 Å². The molecule has 116 valence electrons. The third-order valence-electron chi connectivity index (χ3n) is 5.03. The monoisotopic (exact) mass is 289 g/mol. The number of rotatable bonds is 5. The van der Waals surface area contributed by atoms with E-state index in [1.807, 2.05) is 19.2 Å². The Morgan fingerprint density at radius 3 is 2.48 bits per heavy atom. The highest BCUT2D eigenvalue weighted by molar-refractivity contribution is 5.31. The van der Waals surface area contributed by atoms with Crippen molar-refractivity contribution in [2.75, 3.05) is 7.11 Å². The number of ether oxygens (including phenoxy) is 2. The summed E-state index contributed by atoms with van der Waals surface area (Å²) in [6.07, 6.45) is 7.39. The molecule has 1 aromatic carbocycles. The lowest BCUT2D eigenvalue weighted by Gasteiger charge is -2.43. The van der Waals surface area contributed by atoms with Crippen molar-refractivity contribution in [3.63, 3.8) is 0 Å². The van der Waals surface area contributed by atoms with Gasteiger partial charge in [0.15, 0.2) is 0 Å². The average Bonchev–Trinajstić information content (AvgIpc) is 3.31. The van der Waals surface area contributed by atoms with Crippen molar-refractivity contribution in [2.45, 2.75) is 63.2 Å². The fourth-order valence-electron chi connectivity index (χ4n) is 3.57. The second-order valence-electron chi connectivity index (χ2n) is 6.83. The molecule has 2 aliphatic rings. The summed E-state index contributed by atoms with van der Waals surface area (Å²) in [6, 6.07) is 8.22. The minimum atomic E-state index is -0.212. The Morgan fingerprint density at radius 2 is 1.90 bits per heavy atom. The van der Waals surface area contributed by atoms with Gasteiger partial charge in [0.25, 0.3) is 0 Å². The molecule has 1 aromatic rings. The molecule has 0 saturated heterocycles. The van der Waals surface area contributed by atoms with Crippen molar-refractivity contribution in [3.05, 3.63) is 29.8 Å². The quantitative estimate of drug-likeness (QED) is 0.896. The van der Waals surface area contributed by atoms with E-state index in [1.165, 1.54) is 25.7 Å². The van der Waals surface area contributed by atoms with Crippen molar-refractivity contribution in [1.29, 1.82) is 0 Å². The smallest absolute Gasteiger partial charge is 0.119 e. The van der Waals surface area contributed by atoms with Crippen LogP contribution in [0.1, 0.15) is 57.1 Å². The van der Waals surface area contributed by atoms with Crippen LogP contribution in [0.2, 0.25) is 0 Å². The summed E-state index contributed by atoms with van der Waals surface area (Å²) in [5.74, 6) is 1.64. The third kappa shape index (κ3) is 3.24.